The van der Waals surface area contributed by atoms with Gasteiger partial charge in [0, 0.05) is 51.2 Å². The van der Waals surface area contributed by atoms with Crippen LogP contribution in [0.15, 0.2) is 41.6 Å². The van der Waals surface area contributed by atoms with Gasteiger partial charge in [0.15, 0.2) is 0 Å². The maximum atomic E-state index is 12.3. The van der Waals surface area contributed by atoms with Crippen molar-refractivity contribution in [2.45, 2.75) is 31.2 Å². The molecule has 0 amide bonds. The first-order chi connectivity index (χ1) is 12.8. The van der Waals surface area contributed by atoms with E-state index < -0.39 is 10.0 Å². The molecule has 0 saturated carbocycles. The Bertz CT molecular complexity index is 856. The van der Waals surface area contributed by atoms with Crippen molar-refractivity contribution in [2.75, 3.05) is 37.6 Å². The van der Waals surface area contributed by atoms with Gasteiger partial charge in [-0.2, -0.15) is 5.10 Å². The van der Waals surface area contributed by atoms with E-state index in [9.17, 15) is 8.42 Å². The summed E-state index contributed by atoms with van der Waals surface area (Å²) in [4.78, 5) is 5.03. The van der Waals surface area contributed by atoms with Crippen LogP contribution in [0.4, 0.5) is 5.69 Å². The molecule has 1 unspecified atom stereocenters. The minimum absolute atomic E-state index is 0.120. The Morgan fingerprint density at radius 2 is 1.96 bits per heavy atom. The molecule has 1 aromatic carbocycles. The quantitative estimate of drug-likeness (QED) is 0.776. The number of nitrogens with one attached hydrogen (secondary N) is 1. The molecule has 0 aliphatic carbocycles. The second-order valence-electron chi connectivity index (χ2n) is 7.33. The Balaban J connectivity index is 1.44. The van der Waals surface area contributed by atoms with Gasteiger partial charge in [-0.3, -0.25) is 9.58 Å². The summed E-state index contributed by atoms with van der Waals surface area (Å²) in [6.45, 7) is 8.91. The van der Waals surface area contributed by atoms with Crippen molar-refractivity contribution in [3.05, 3.63) is 42.2 Å². The average molecular weight is 392 g/mol. The highest BCUT2D eigenvalue weighted by molar-refractivity contribution is 7.89. The smallest absolute Gasteiger partial charge is 0.243 e. The number of hydrogen-bond donors (Lipinski definition) is 1. The highest BCUT2D eigenvalue weighted by atomic mass is 32.2. The molecule has 0 spiro atoms. The van der Waals surface area contributed by atoms with Crippen molar-refractivity contribution in [3.8, 4) is 0 Å². The average Bonchev–Trinajstić information content (AvgIpc) is 3.07. The number of anilines is 1. The van der Waals surface area contributed by atoms with Crippen molar-refractivity contribution in [1.29, 1.82) is 0 Å². The summed E-state index contributed by atoms with van der Waals surface area (Å²) in [5.41, 5.74) is 2.57. The predicted octanol–water partition coefficient (Wildman–Crippen LogP) is 1.61. The summed E-state index contributed by atoms with van der Waals surface area (Å²) in [5, 5.41) is 3.93. The molecule has 1 aliphatic rings. The largest absolute Gasteiger partial charge is 0.369 e. The molecule has 1 aliphatic heterocycles. The molecule has 1 atom stereocenters. The van der Waals surface area contributed by atoms with Crippen LogP contribution in [0.2, 0.25) is 0 Å². The molecule has 2 aromatic rings. The molecular weight excluding hydrogens is 362 g/mol. The highest BCUT2D eigenvalue weighted by Gasteiger charge is 2.21. The van der Waals surface area contributed by atoms with Crippen molar-refractivity contribution >= 4 is 15.7 Å². The van der Waals surface area contributed by atoms with Crippen LogP contribution >= 0.6 is 0 Å². The standard InChI is InChI=1S/C19H29N5O2S/c1-16-5-4-6-18(13-16)24-11-9-23(10-12-24)8-7-17(2)21-27(25,26)19-14-20-22(3)15-19/h4-6,13-15,17,21H,7-12H2,1-3H3. The minimum Gasteiger partial charge on any atom is -0.369 e. The predicted molar refractivity (Wildman–Crippen MR) is 107 cm³/mol. The van der Waals surface area contributed by atoms with E-state index in [1.165, 1.54) is 28.3 Å². The van der Waals surface area contributed by atoms with Crippen LogP contribution < -0.4 is 9.62 Å². The van der Waals surface area contributed by atoms with Crippen LogP contribution in [0, 0.1) is 6.92 Å². The van der Waals surface area contributed by atoms with Crippen molar-refractivity contribution < 1.29 is 8.42 Å². The molecule has 0 radical (unpaired) electrons. The summed E-state index contributed by atoms with van der Waals surface area (Å²) in [7, 11) is -1.79. The van der Waals surface area contributed by atoms with Gasteiger partial charge < -0.3 is 4.90 Å². The van der Waals surface area contributed by atoms with E-state index in [0.29, 0.717) is 0 Å². The Labute approximate surface area is 162 Å². The van der Waals surface area contributed by atoms with Crippen LogP contribution in [0.3, 0.4) is 0 Å². The lowest BCUT2D eigenvalue weighted by Gasteiger charge is -2.36. The van der Waals surface area contributed by atoms with Crippen molar-refractivity contribution in [3.63, 3.8) is 0 Å². The van der Waals surface area contributed by atoms with Gasteiger partial charge in [0.1, 0.15) is 4.90 Å². The molecule has 148 valence electrons. The van der Waals surface area contributed by atoms with Crippen LogP contribution in [0.25, 0.3) is 0 Å². The van der Waals surface area contributed by atoms with Gasteiger partial charge in [-0.15, -0.1) is 0 Å². The zero-order chi connectivity index (χ0) is 19.4. The third-order valence-corrected chi connectivity index (χ3v) is 6.51. The number of aryl methyl sites for hydroxylation is 2. The fraction of sp³-hybridized carbons (Fsp3) is 0.526. The lowest BCUT2D eigenvalue weighted by molar-refractivity contribution is 0.248. The Kier molecular flexibility index (Phi) is 6.18. The minimum atomic E-state index is -3.50. The van der Waals surface area contributed by atoms with Crippen LogP contribution in [-0.2, 0) is 17.1 Å². The molecule has 8 heteroatoms. The fourth-order valence-electron chi connectivity index (χ4n) is 3.36. The van der Waals surface area contributed by atoms with Gasteiger partial charge in [0.2, 0.25) is 10.0 Å². The van der Waals surface area contributed by atoms with E-state index in [2.05, 4.69) is 50.8 Å². The lowest BCUT2D eigenvalue weighted by Crippen LogP contribution is -2.47. The molecule has 1 fully saturated rings. The molecule has 3 rings (SSSR count). The number of nitrogens with zero attached hydrogens (tertiary/aromatic N) is 4. The van der Waals surface area contributed by atoms with E-state index in [-0.39, 0.29) is 10.9 Å². The van der Waals surface area contributed by atoms with E-state index in [1.54, 1.807) is 7.05 Å². The van der Waals surface area contributed by atoms with Crippen LogP contribution in [0.5, 0.6) is 0 Å². The summed E-state index contributed by atoms with van der Waals surface area (Å²) >= 11 is 0. The fourth-order valence-corrected chi connectivity index (χ4v) is 4.62. The number of hydrogen-bond acceptors (Lipinski definition) is 5. The van der Waals surface area contributed by atoms with E-state index in [0.717, 1.165) is 39.1 Å². The lowest BCUT2D eigenvalue weighted by atomic mass is 10.2. The maximum Gasteiger partial charge on any atom is 0.243 e. The molecule has 7 nitrogen and oxygen atoms in total. The summed E-state index contributed by atoms with van der Waals surface area (Å²) < 4.78 is 28.9. The third-order valence-electron chi connectivity index (χ3n) is 4.97. The van der Waals surface area contributed by atoms with Gasteiger partial charge in [0.25, 0.3) is 0 Å². The van der Waals surface area contributed by atoms with E-state index in [1.807, 2.05) is 6.92 Å². The van der Waals surface area contributed by atoms with Gasteiger partial charge >= 0.3 is 0 Å². The molecule has 1 aromatic heterocycles. The zero-order valence-electron chi connectivity index (χ0n) is 16.3. The summed E-state index contributed by atoms with van der Waals surface area (Å²) in [6, 6.07) is 8.49. The topological polar surface area (TPSA) is 70.5 Å². The van der Waals surface area contributed by atoms with Crippen LogP contribution in [-0.4, -0.2) is 61.9 Å². The first-order valence-corrected chi connectivity index (χ1v) is 10.9. The van der Waals surface area contributed by atoms with Gasteiger partial charge in [-0.1, -0.05) is 12.1 Å². The molecule has 2 heterocycles. The summed E-state index contributed by atoms with van der Waals surface area (Å²) in [5.74, 6) is 0. The van der Waals surface area contributed by atoms with E-state index >= 15 is 0 Å². The molecular formula is C19H29N5O2S. The Morgan fingerprint density at radius 1 is 1.22 bits per heavy atom. The van der Waals surface area contributed by atoms with Crippen LogP contribution in [0.1, 0.15) is 18.9 Å². The normalized spacial score (nSPS) is 17.2. The van der Waals surface area contributed by atoms with Gasteiger partial charge in [-0.25, -0.2) is 13.1 Å². The molecule has 1 saturated heterocycles. The number of rotatable bonds is 7. The van der Waals surface area contributed by atoms with Gasteiger partial charge in [-0.05, 0) is 44.5 Å². The number of benzene rings is 1. The first-order valence-electron chi connectivity index (χ1n) is 9.38. The summed E-state index contributed by atoms with van der Waals surface area (Å²) in [6.07, 6.45) is 3.67. The SMILES string of the molecule is Cc1cccc(N2CCN(CCC(C)NS(=O)(=O)c3cnn(C)c3)CC2)c1. The molecule has 0 bridgehead atoms. The van der Waals surface area contributed by atoms with E-state index in [4.69, 9.17) is 0 Å². The monoisotopic (exact) mass is 391 g/mol. The first kappa shape index (κ1) is 19.9. The highest BCUT2D eigenvalue weighted by Crippen LogP contribution is 2.18. The second kappa shape index (κ2) is 8.41. The van der Waals surface area contributed by atoms with Crippen molar-refractivity contribution in [1.82, 2.24) is 19.4 Å². The Hall–Kier alpha value is -1.90. The number of aromatic nitrogens is 2. The third kappa shape index (κ3) is 5.31. The molecule has 1 N–H and O–H groups in total. The molecule has 27 heavy (non-hydrogen) atoms. The second-order valence-corrected chi connectivity index (χ2v) is 9.04. The van der Waals surface area contributed by atoms with Gasteiger partial charge in [0.05, 0.1) is 6.20 Å². The Morgan fingerprint density at radius 3 is 2.59 bits per heavy atom. The number of piperazine rings is 1. The maximum absolute atomic E-state index is 12.3. The van der Waals surface area contributed by atoms with Crippen molar-refractivity contribution in [2.24, 2.45) is 7.05 Å². The number of sulfonamides is 1. The zero-order valence-corrected chi connectivity index (χ0v) is 17.1.